The normalized spacial score (nSPS) is 16.2. The summed E-state index contributed by atoms with van der Waals surface area (Å²) in [6.45, 7) is 3.06. The van der Waals surface area contributed by atoms with E-state index in [4.69, 9.17) is 16.3 Å². The molecule has 1 aliphatic rings. The lowest BCUT2D eigenvalue weighted by Gasteiger charge is -2.09. The monoisotopic (exact) mass is 496 g/mol. The van der Waals surface area contributed by atoms with Gasteiger partial charge in [-0.15, -0.1) is 0 Å². The molecule has 0 unspecified atom stereocenters. The van der Waals surface area contributed by atoms with Crippen LogP contribution in [0.4, 0.5) is 5.69 Å². The summed E-state index contributed by atoms with van der Waals surface area (Å²) >= 11 is 7.29. The van der Waals surface area contributed by atoms with E-state index in [9.17, 15) is 9.59 Å². The van der Waals surface area contributed by atoms with Crippen LogP contribution < -0.4 is 5.32 Å². The van der Waals surface area contributed by atoms with Gasteiger partial charge in [-0.1, -0.05) is 29.8 Å². The third-order valence-corrected chi connectivity index (χ3v) is 6.85. The van der Waals surface area contributed by atoms with E-state index in [0.29, 0.717) is 28.2 Å². The highest BCUT2D eigenvalue weighted by atomic mass is 35.5. The Labute approximate surface area is 207 Å². The van der Waals surface area contributed by atoms with Crippen molar-refractivity contribution in [2.45, 2.75) is 13.5 Å². The SMILES string of the molecule is COCCNC(=O)Cn1c(C)c(/C=C2/SC(=Nc3ccc(Cl)cc3)N(C)C2=O)c2ccccc21. The molecule has 0 spiro atoms. The molecule has 2 aromatic carbocycles. The van der Waals surface area contributed by atoms with E-state index in [0.717, 1.165) is 27.8 Å². The highest BCUT2D eigenvalue weighted by Crippen LogP contribution is 2.36. The number of nitrogens with one attached hydrogen (secondary N) is 1. The number of nitrogens with zero attached hydrogens (tertiary/aromatic N) is 3. The number of carbonyl (C=O) groups excluding carboxylic acids is 2. The average Bonchev–Trinajstić information content (AvgIpc) is 3.24. The minimum atomic E-state index is -0.119. The number of amidine groups is 1. The lowest BCUT2D eigenvalue weighted by atomic mass is 10.1. The maximum Gasteiger partial charge on any atom is 0.266 e. The van der Waals surface area contributed by atoms with Crippen LogP contribution in [0.3, 0.4) is 0 Å². The second kappa shape index (κ2) is 10.5. The molecule has 0 bridgehead atoms. The highest BCUT2D eigenvalue weighted by molar-refractivity contribution is 8.18. The molecule has 0 atom stereocenters. The molecular formula is C25H25ClN4O3S. The Kier molecular flexibility index (Phi) is 7.41. The van der Waals surface area contributed by atoms with Crippen LogP contribution in [0.1, 0.15) is 11.3 Å². The summed E-state index contributed by atoms with van der Waals surface area (Å²) in [5, 5.41) is 5.07. The standard InChI is InChI=1S/C25H25ClN4O3S/c1-16-20(19-6-4-5-7-21(19)30(16)15-23(31)27-12-13-33-3)14-22-24(32)29(2)25(34-22)28-18-10-8-17(26)9-11-18/h4-11,14H,12-13,15H2,1-3H3,(H,27,31)/b22-14+,28-25?. The molecule has 1 aliphatic heterocycles. The van der Waals surface area contributed by atoms with Gasteiger partial charge in [-0.3, -0.25) is 14.5 Å². The first-order chi connectivity index (χ1) is 16.4. The van der Waals surface area contributed by atoms with Gasteiger partial charge in [0.2, 0.25) is 5.91 Å². The summed E-state index contributed by atoms with van der Waals surface area (Å²) in [6, 6.07) is 15.0. The number of thioether (sulfide) groups is 1. The van der Waals surface area contributed by atoms with Crippen molar-refractivity contribution >= 4 is 63.0 Å². The van der Waals surface area contributed by atoms with Gasteiger partial charge in [-0.2, -0.15) is 0 Å². The number of benzene rings is 2. The second-order valence-corrected chi connectivity index (χ2v) is 9.24. The quantitative estimate of drug-likeness (QED) is 0.383. The van der Waals surface area contributed by atoms with Gasteiger partial charge in [-0.05, 0) is 55.1 Å². The van der Waals surface area contributed by atoms with Gasteiger partial charge >= 0.3 is 0 Å². The van der Waals surface area contributed by atoms with E-state index in [2.05, 4.69) is 10.3 Å². The molecule has 0 aliphatic carbocycles. The molecule has 176 valence electrons. The molecule has 7 nitrogen and oxygen atoms in total. The van der Waals surface area contributed by atoms with Crippen molar-refractivity contribution in [3.05, 3.63) is 69.7 Å². The molecule has 2 heterocycles. The highest BCUT2D eigenvalue weighted by Gasteiger charge is 2.31. The zero-order valence-corrected chi connectivity index (χ0v) is 20.7. The van der Waals surface area contributed by atoms with E-state index < -0.39 is 0 Å². The van der Waals surface area contributed by atoms with Crippen LogP contribution in [0.25, 0.3) is 17.0 Å². The molecule has 1 aromatic heterocycles. The van der Waals surface area contributed by atoms with Gasteiger partial charge in [0, 0.05) is 47.9 Å². The van der Waals surface area contributed by atoms with Crippen molar-refractivity contribution in [2.75, 3.05) is 27.3 Å². The molecule has 4 rings (SSSR count). The molecule has 0 saturated carbocycles. The third-order valence-electron chi connectivity index (χ3n) is 5.54. The van der Waals surface area contributed by atoms with Crippen molar-refractivity contribution in [2.24, 2.45) is 4.99 Å². The summed E-state index contributed by atoms with van der Waals surface area (Å²) in [7, 11) is 3.31. The number of hydrogen-bond acceptors (Lipinski definition) is 5. The number of methoxy groups -OCH3 is 1. The number of aromatic nitrogens is 1. The number of likely N-dealkylation sites (N-methyl/N-ethyl adjacent to an activating group) is 1. The Morgan fingerprint density at radius 2 is 1.94 bits per heavy atom. The van der Waals surface area contributed by atoms with Crippen molar-refractivity contribution in [1.82, 2.24) is 14.8 Å². The zero-order valence-electron chi connectivity index (χ0n) is 19.2. The Morgan fingerprint density at radius 1 is 1.21 bits per heavy atom. The van der Waals surface area contributed by atoms with E-state index >= 15 is 0 Å². The van der Waals surface area contributed by atoms with Crippen molar-refractivity contribution in [3.8, 4) is 0 Å². The molecule has 0 radical (unpaired) electrons. The Balaban J connectivity index is 1.66. The summed E-state index contributed by atoms with van der Waals surface area (Å²) in [6.07, 6.45) is 1.89. The fourth-order valence-electron chi connectivity index (χ4n) is 3.74. The summed E-state index contributed by atoms with van der Waals surface area (Å²) in [5.74, 6) is -0.213. The molecule has 1 fully saturated rings. The Morgan fingerprint density at radius 3 is 2.68 bits per heavy atom. The zero-order chi connectivity index (χ0) is 24.2. The molecule has 2 amide bonds. The van der Waals surface area contributed by atoms with Gasteiger partial charge in [0.15, 0.2) is 5.17 Å². The van der Waals surface area contributed by atoms with Crippen LogP contribution in [-0.4, -0.2) is 53.8 Å². The topological polar surface area (TPSA) is 75.9 Å². The first-order valence-corrected chi connectivity index (χ1v) is 11.9. The van der Waals surface area contributed by atoms with Crippen LogP contribution in [0.15, 0.2) is 58.4 Å². The van der Waals surface area contributed by atoms with E-state index in [1.54, 1.807) is 31.2 Å². The number of aliphatic imine (C=N–C) groups is 1. The summed E-state index contributed by atoms with van der Waals surface area (Å²) in [4.78, 5) is 32.2. The number of amides is 2. The number of halogens is 1. The number of rotatable bonds is 7. The van der Waals surface area contributed by atoms with Gasteiger partial charge in [0.1, 0.15) is 6.54 Å². The van der Waals surface area contributed by atoms with Gasteiger partial charge < -0.3 is 14.6 Å². The first-order valence-electron chi connectivity index (χ1n) is 10.7. The van der Waals surface area contributed by atoms with Crippen LogP contribution in [0, 0.1) is 6.92 Å². The molecular weight excluding hydrogens is 472 g/mol. The molecule has 9 heteroatoms. The Hall–Kier alpha value is -3.07. The minimum Gasteiger partial charge on any atom is -0.383 e. The number of carbonyl (C=O) groups is 2. The van der Waals surface area contributed by atoms with Crippen molar-refractivity contribution < 1.29 is 14.3 Å². The maximum atomic E-state index is 13.0. The summed E-state index contributed by atoms with van der Waals surface area (Å²) < 4.78 is 6.97. The molecule has 3 aromatic rings. The van der Waals surface area contributed by atoms with Crippen molar-refractivity contribution in [1.29, 1.82) is 0 Å². The minimum absolute atomic E-state index is 0.0939. The Bertz CT molecular complexity index is 1300. The largest absolute Gasteiger partial charge is 0.383 e. The number of ether oxygens (including phenoxy) is 1. The smallest absolute Gasteiger partial charge is 0.266 e. The predicted octanol–water partition coefficient (Wildman–Crippen LogP) is 4.60. The van der Waals surface area contributed by atoms with Gasteiger partial charge in [0.05, 0.1) is 17.2 Å². The van der Waals surface area contributed by atoms with Crippen LogP contribution >= 0.6 is 23.4 Å². The van der Waals surface area contributed by atoms with Gasteiger partial charge in [-0.25, -0.2) is 4.99 Å². The lowest BCUT2D eigenvalue weighted by Crippen LogP contribution is -2.30. The lowest BCUT2D eigenvalue weighted by molar-refractivity contribution is -0.122. The van der Waals surface area contributed by atoms with Crippen LogP contribution in [0.2, 0.25) is 5.02 Å². The van der Waals surface area contributed by atoms with E-state index in [-0.39, 0.29) is 18.4 Å². The summed E-state index contributed by atoms with van der Waals surface area (Å²) in [5.41, 5.74) is 3.49. The third kappa shape index (κ3) is 5.04. The fraction of sp³-hybridized carbons (Fsp3) is 0.240. The van der Waals surface area contributed by atoms with Crippen molar-refractivity contribution in [3.63, 3.8) is 0 Å². The molecule has 1 N–H and O–H groups in total. The van der Waals surface area contributed by atoms with E-state index in [1.165, 1.54) is 11.8 Å². The molecule has 34 heavy (non-hydrogen) atoms. The van der Waals surface area contributed by atoms with E-state index in [1.807, 2.05) is 54.0 Å². The van der Waals surface area contributed by atoms with Crippen LogP contribution in [0.5, 0.6) is 0 Å². The maximum absolute atomic E-state index is 13.0. The number of hydrogen-bond donors (Lipinski definition) is 1. The average molecular weight is 497 g/mol. The van der Waals surface area contributed by atoms with Gasteiger partial charge in [0.25, 0.3) is 5.91 Å². The second-order valence-electron chi connectivity index (χ2n) is 7.79. The predicted molar refractivity (Wildman–Crippen MR) is 138 cm³/mol. The number of fused-ring (bicyclic) bond motifs is 1. The fourth-order valence-corrected chi connectivity index (χ4v) is 4.84. The first kappa shape index (κ1) is 24.1. The number of para-hydroxylation sites is 1. The van der Waals surface area contributed by atoms with Crippen LogP contribution in [-0.2, 0) is 20.9 Å². The molecule has 1 saturated heterocycles.